The van der Waals surface area contributed by atoms with Crippen LogP contribution in [0, 0.1) is 0 Å². The van der Waals surface area contributed by atoms with E-state index in [1.54, 1.807) is 6.20 Å². The Bertz CT molecular complexity index is 806. The van der Waals surface area contributed by atoms with Gasteiger partial charge in [0.1, 0.15) is 5.82 Å². The van der Waals surface area contributed by atoms with Gasteiger partial charge < -0.3 is 14.7 Å². The van der Waals surface area contributed by atoms with Crippen molar-refractivity contribution < 1.29 is 4.79 Å². The Kier molecular flexibility index (Phi) is 5.59. The van der Waals surface area contributed by atoms with Gasteiger partial charge in [0.25, 0.3) is 0 Å². The number of benzene rings is 1. The summed E-state index contributed by atoms with van der Waals surface area (Å²) in [5.74, 6) is 1.44. The number of rotatable bonds is 4. The SMILES string of the molecule is CN1CCN(c2ccnc(SCC(=O)N3CCCc4ccccc43)n2)CC1. The Balaban J connectivity index is 1.39. The van der Waals surface area contributed by atoms with Crippen LogP contribution in [0.3, 0.4) is 0 Å². The van der Waals surface area contributed by atoms with E-state index in [9.17, 15) is 4.79 Å². The molecule has 4 rings (SSSR count). The van der Waals surface area contributed by atoms with Crippen molar-refractivity contribution >= 4 is 29.2 Å². The number of carbonyl (C=O) groups excluding carboxylic acids is 1. The van der Waals surface area contributed by atoms with Crippen molar-refractivity contribution in [1.82, 2.24) is 14.9 Å². The van der Waals surface area contributed by atoms with Crippen molar-refractivity contribution in [1.29, 1.82) is 0 Å². The first-order valence-electron chi connectivity index (χ1n) is 9.48. The molecule has 0 N–H and O–H groups in total. The Morgan fingerprint density at radius 2 is 1.93 bits per heavy atom. The Morgan fingerprint density at radius 3 is 2.78 bits per heavy atom. The third-order valence-electron chi connectivity index (χ3n) is 5.18. The fourth-order valence-corrected chi connectivity index (χ4v) is 4.31. The highest BCUT2D eigenvalue weighted by Gasteiger charge is 2.22. The van der Waals surface area contributed by atoms with E-state index >= 15 is 0 Å². The molecular formula is C20H25N5OS. The van der Waals surface area contributed by atoms with Gasteiger partial charge in [-0.3, -0.25) is 4.79 Å². The Morgan fingerprint density at radius 1 is 1.11 bits per heavy atom. The number of likely N-dealkylation sites (N-methyl/N-ethyl adjacent to an activating group) is 1. The molecule has 1 amide bonds. The second-order valence-corrected chi connectivity index (χ2v) is 8.00. The average molecular weight is 384 g/mol. The van der Waals surface area contributed by atoms with E-state index in [-0.39, 0.29) is 5.91 Å². The fourth-order valence-electron chi connectivity index (χ4n) is 3.61. The van der Waals surface area contributed by atoms with Gasteiger partial charge in [-0.15, -0.1) is 0 Å². The number of carbonyl (C=O) groups is 1. The van der Waals surface area contributed by atoms with Crippen LogP contribution in [-0.2, 0) is 11.2 Å². The second kappa shape index (κ2) is 8.27. The number of piperazine rings is 1. The van der Waals surface area contributed by atoms with Crippen molar-refractivity contribution in [2.24, 2.45) is 0 Å². The third-order valence-corrected chi connectivity index (χ3v) is 6.03. The lowest BCUT2D eigenvalue weighted by molar-refractivity contribution is -0.116. The summed E-state index contributed by atoms with van der Waals surface area (Å²) in [4.78, 5) is 28.3. The second-order valence-electron chi connectivity index (χ2n) is 7.05. The number of amides is 1. The molecule has 6 nitrogen and oxygen atoms in total. The maximum Gasteiger partial charge on any atom is 0.237 e. The van der Waals surface area contributed by atoms with E-state index in [0.29, 0.717) is 10.9 Å². The summed E-state index contributed by atoms with van der Waals surface area (Å²) in [6.45, 7) is 4.82. The van der Waals surface area contributed by atoms with Crippen LogP contribution in [0.25, 0.3) is 0 Å². The maximum absolute atomic E-state index is 12.8. The summed E-state index contributed by atoms with van der Waals surface area (Å²) in [6, 6.07) is 10.2. The van der Waals surface area contributed by atoms with Crippen LogP contribution >= 0.6 is 11.8 Å². The molecule has 1 aromatic heterocycles. The van der Waals surface area contributed by atoms with Crippen LogP contribution in [0.1, 0.15) is 12.0 Å². The van der Waals surface area contributed by atoms with Crippen molar-refractivity contribution in [3.05, 3.63) is 42.1 Å². The number of nitrogens with zero attached hydrogens (tertiary/aromatic N) is 5. The van der Waals surface area contributed by atoms with Gasteiger partial charge in [0.15, 0.2) is 5.16 Å². The topological polar surface area (TPSA) is 52.6 Å². The predicted octanol–water partition coefficient (Wildman–Crippen LogP) is 2.30. The van der Waals surface area contributed by atoms with Crippen molar-refractivity contribution in [2.45, 2.75) is 18.0 Å². The molecule has 2 aliphatic rings. The van der Waals surface area contributed by atoms with Gasteiger partial charge in [-0.1, -0.05) is 30.0 Å². The molecule has 1 aromatic carbocycles. The summed E-state index contributed by atoms with van der Waals surface area (Å²) in [7, 11) is 2.14. The zero-order chi connectivity index (χ0) is 18.6. The normalized spacial score (nSPS) is 17.7. The van der Waals surface area contributed by atoms with E-state index in [1.165, 1.54) is 17.3 Å². The molecule has 0 saturated carbocycles. The third kappa shape index (κ3) is 4.25. The Labute approximate surface area is 164 Å². The first-order valence-corrected chi connectivity index (χ1v) is 10.5. The standard InChI is InChI=1S/C20H25N5OS/c1-23-11-13-24(14-12-23)18-8-9-21-20(22-18)27-15-19(26)25-10-4-6-16-5-2-3-7-17(16)25/h2-3,5,7-9H,4,6,10-15H2,1H3. The molecule has 7 heteroatoms. The van der Waals surface area contributed by atoms with Crippen LogP contribution in [0.4, 0.5) is 11.5 Å². The van der Waals surface area contributed by atoms with E-state index in [4.69, 9.17) is 0 Å². The molecule has 1 fully saturated rings. The van der Waals surface area contributed by atoms with Crippen LogP contribution in [0.2, 0.25) is 0 Å². The van der Waals surface area contributed by atoms with Gasteiger partial charge in [0.2, 0.25) is 5.91 Å². The molecule has 142 valence electrons. The highest BCUT2D eigenvalue weighted by Crippen LogP contribution is 2.28. The largest absolute Gasteiger partial charge is 0.354 e. The number of hydrogen-bond acceptors (Lipinski definition) is 6. The number of para-hydroxylation sites is 1. The molecule has 0 bridgehead atoms. The van der Waals surface area contributed by atoms with Gasteiger partial charge in [0, 0.05) is 44.6 Å². The number of aryl methyl sites for hydroxylation is 1. The van der Waals surface area contributed by atoms with Crippen LogP contribution in [0.5, 0.6) is 0 Å². The molecule has 27 heavy (non-hydrogen) atoms. The molecule has 0 radical (unpaired) electrons. The molecular weight excluding hydrogens is 358 g/mol. The molecule has 3 heterocycles. The van der Waals surface area contributed by atoms with Crippen molar-refractivity contribution in [3.63, 3.8) is 0 Å². The quantitative estimate of drug-likeness (QED) is 0.597. The first kappa shape index (κ1) is 18.3. The summed E-state index contributed by atoms with van der Waals surface area (Å²) in [5.41, 5.74) is 2.32. The highest BCUT2D eigenvalue weighted by atomic mass is 32.2. The lowest BCUT2D eigenvalue weighted by Gasteiger charge is -2.33. The molecule has 1 saturated heterocycles. The lowest BCUT2D eigenvalue weighted by atomic mass is 10.0. The van der Waals surface area contributed by atoms with Crippen LogP contribution in [-0.4, -0.2) is 66.3 Å². The minimum absolute atomic E-state index is 0.126. The molecule has 0 atom stereocenters. The number of hydrogen-bond donors (Lipinski definition) is 0. The zero-order valence-electron chi connectivity index (χ0n) is 15.7. The minimum Gasteiger partial charge on any atom is -0.354 e. The molecule has 0 spiro atoms. The van der Waals surface area contributed by atoms with Gasteiger partial charge >= 0.3 is 0 Å². The van der Waals surface area contributed by atoms with E-state index in [0.717, 1.165) is 57.1 Å². The van der Waals surface area contributed by atoms with E-state index in [1.807, 2.05) is 29.2 Å². The summed E-state index contributed by atoms with van der Waals surface area (Å²) >= 11 is 1.43. The molecule has 2 aromatic rings. The van der Waals surface area contributed by atoms with Gasteiger partial charge in [-0.05, 0) is 37.6 Å². The average Bonchev–Trinajstić information content (AvgIpc) is 2.72. The molecule has 0 aliphatic carbocycles. The van der Waals surface area contributed by atoms with Crippen molar-refractivity contribution in [2.75, 3.05) is 55.3 Å². The monoisotopic (exact) mass is 383 g/mol. The summed E-state index contributed by atoms with van der Waals surface area (Å²) in [5, 5.41) is 0.671. The number of anilines is 2. The fraction of sp³-hybridized carbons (Fsp3) is 0.450. The number of thioether (sulfide) groups is 1. The number of aromatic nitrogens is 2. The smallest absolute Gasteiger partial charge is 0.237 e. The highest BCUT2D eigenvalue weighted by molar-refractivity contribution is 7.99. The maximum atomic E-state index is 12.8. The Hall–Kier alpha value is -2.12. The van der Waals surface area contributed by atoms with Crippen molar-refractivity contribution in [3.8, 4) is 0 Å². The van der Waals surface area contributed by atoms with Crippen LogP contribution in [0.15, 0.2) is 41.7 Å². The van der Waals surface area contributed by atoms with Crippen LogP contribution < -0.4 is 9.80 Å². The first-order chi connectivity index (χ1) is 13.2. The lowest BCUT2D eigenvalue weighted by Crippen LogP contribution is -2.44. The zero-order valence-corrected chi connectivity index (χ0v) is 16.5. The van der Waals surface area contributed by atoms with Gasteiger partial charge in [-0.25, -0.2) is 9.97 Å². The van der Waals surface area contributed by atoms with E-state index in [2.05, 4.69) is 32.9 Å². The van der Waals surface area contributed by atoms with Gasteiger partial charge in [0.05, 0.1) is 5.75 Å². The predicted molar refractivity (Wildman–Crippen MR) is 110 cm³/mol. The van der Waals surface area contributed by atoms with E-state index < -0.39 is 0 Å². The molecule has 2 aliphatic heterocycles. The van der Waals surface area contributed by atoms with Gasteiger partial charge in [-0.2, -0.15) is 0 Å². The number of fused-ring (bicyclic) bond motifs is 1. The summed E-state index contributed by atoms with van der Waals surface area (Å²) in [6.07, 6.45) is 3.86. The summed E-state index contributed by atoms with van der Waals surface area (Å²) < 4.78 is 0. The molecule has 0 unspecified atom stereocenters. The minimum atomic E-state index is 0.126.